The van der Waals surface area contributed by atoms with Gasteiger partial charge in [-0.3, -0.25) is 0 Å². The Morgan fingerprint density at radius 1 is 1.44 bits per heavy atom. The van der Waals surface area contributed by atoms with Crippen molar-refractivity contribution >= 4 is 12.1 Å². The zero-order chi connectivity index (χ0) is 18.1. The summed E-state index contributed by atoms with van der Waals surface area (Å²) in [6.45, 7) is 5.89. The van der Waals surface area contributed by atoms with Crippen molar-refractivity contribution in [2.75, 3.05) is 6.61 Å². The predicted octanol–water partition coefficient (Wildman–Crippen LogP) is 3.46. The average molecular weight is 341 g/mol. The van der Waals surface area contributed by atoms with Crippen molar-refractivity contribution in [1.29, 1.82) is 0 Å². The number of amides is 1. The van der Waals surface area contributed by atoms with E-state index >= 15 is 0 Å². The summed E-state index contributed by atoms with van der Waals surface area (Å²) in [5.41, 5.74) is -0.621. The fourth-order valence-corrected chi connectivity index (χ4v) is 2.45. The van der Waals surface area contributed by atoms with Crippen LogP contribution < -0.4 is 5.32 Å². The zero-order valence-corrected chi connectivity index (χ0v) is 14.4. The van der Waals surface area contributed by atoms with Gasteiger partial charge >= 0.3 is 12.1 Å². The van der Waals surface area contributed by atoms with Gasteiger partial charge in [0.25, 0.3) is 0 Å². The van der Waals surface area contributed by atoms with Crippen LogP contribution in [0, 0.1) is 11.8 Å². The van der Waals surface area contributed by atoms with Gasteiger partial charge in [0.05, 0.1) is 5.56 Å². The molecular formula is C20H23NO4. The summed E-state index contributed by atoms with van der Waals surface area (Å²) in [5, 5.41) is 2.67. The van der Waals surface area contributed by atoms with Gasteiger partial charge in [-0.2, -0.15) is 0 Å². The van der Waals surface area contributed by atoms with Crippen LogP contribution in [0.1, 0.15) is 43.0 Å². The average Bonchev–Trinajstić information content (AvgIpc) is 3.03. The van der Waals surface area contributed by atoms with Gasteiger partial charge in [-0.15, -0.1) is 6.58 Å². The Morgan fingerprint density at radius 3 is 2.80 bits per heavy atom. The number of nitrogens with one attached hydrogen (secondary N) is 1. The second kappa shape index (κ2) is 8.93. The lowest BCUT2D eigenvalue weighted by atomic mass is 9.94. The van der Waals surface area contributed by atoms with Crippen LogP contribution in [0.4, 0.5) is 4.79 Å². The Morgan fingerprint density at radius 2 is 2.20 bits per heavy atom. The monoisotopic (exact) mass is 341 g/mol. The molecule has 1 saturated heterocycles. The van der Waals surface area contributed by atoms with Crippen LogP contribution >= 0.6 is 0 Å². The molecule has 1 N–H and O–H groups in total. The summed E-state index contributed by atoms with van der Waals surface area (Å²) in [6, 6.07) is 8.66. The Balaban J connectivity index is 2.18. The minimum absolute atomic E-state index is 0.0196. The maximum absolute atomic E-state index is 12.4. The molecule has 0 saturated carbocycles. The number of cyclic esters (lactones) is 1. The molecule has 1 heterocycles. The zero-order valence-electron chi connectivity index (χ0n) is 14.4. The molecule has 0 unspecified atom stereocenters. The third-order valence-corrected chi connectivity index (χ3v) is 3.98. The van der Waals surface area contributed by atoms with Gasteiger partial charge in [-0.25, -0.2) is 9.59 Å². The van der Waals surface area contributed by atoms with Crippen molar-refractivity contribution in [3.63, 3.8) is 0 Å². The van der Waals surface area contributed by atoms with E-state index in [1.54, 1.807) is 24.3 Å². The molecule has 1 amide bonds. The van der Waals surface area contributed by atoms with Crippen LogP contribution in [-0.4, -0.2) is 30.3 Å². The van der Waals surface area contributed by atoms with Crippen LogP contribution in [-0.2, 0) is 9.47 Å². The predicted molar refractivity (Wildman–Crippen MR) is 95.0 cm³/mol. The highest BCUT2D eigenvalue weighted by molar-refractivity contribution is 5.89. The molecule has 25 heavy (non-hydrogen) atoms. The van der Waals surface area contributed by atoms with Crippen molar-refractivity contribution in [2.24, 2.45) is 0 Å². The topological polar surface area (TPSA) is 64.6 Å². The van der Waals surface area contributed by atoms with Crippen molar-refractivity contribution in [3.8, 4) is 11.8 Å². The van der Waals surface area contributed by atoms with E-state index in [1.165, 1.54) is 6.08 Å². The normalized spacial score (nSPS) is 19.8. The second-order valence-electron chi connectivity index (χ2n) is 5.88. The summed E-state index contributed by atoms with van der Waals surface area (Å²) in [4.78, 5) is 23.9. The van der Waals surface area contributed by atoms with Crippen LogP contribution in [0.2, 0.25) is 0 Å². The number of alkyl carbamates (subject to hydrolysis) is 1. The highest BCUT2D eigenvalue weighted by atomic mass is 16.6. The lowest BCUT2D eigenvalue weighted by Crippen LogP contribution is -2.53. The molecule has 2 atom stereocenters. The van der Waals surface area contributed by atoms with E-state index in [1.807, 2.05) is 6.07 Å². The largest absolute Gasteiger partial charge is 0.446 e. The highest BCUT2D eigenvalue weighted by Crippen LogP contribution is 2.22. The summed E-state index contributed by atoms with van der Waals surface area (Å²) in [7, 11) is 0. The first-order valence-electron chi connectivity index (χ1n) is 8.44. The number of benzene rings is 1. The number of ether oxygens (including phenoxy) is 2. The standard InChI is InChI=1S/C20H23NO4/c1-3-5-6-7-11-14-17(20(4-2)15-24-19(23)21-20)25-18(22)16-12-9-8-10-13-16/h4,8-10,12-13,17H,2-3,5-7,15H2,1H3,(H,21,23)/t17-,20+/m1/s1. The molecule has 1 fully saturated rings. The molecule has 0 bridgehead atoms. The first kappa shape index (κ1) is 18.6. The number of hydrogen-bond donors (Lipinski definition) is 1. The van der Waals surface area contributed by atoms with Gasteiger partial charge in [0.15, 0.2) is 6.10 Å². The van der Waals surface area contributed by atoms with Gasteiger partial charge in [0.1, 0.15) is 12.1 Å². The van der Waals surface area contributed by atoms with E-state index in [2.05, 4.69) is 30.7 Å². The number of carbonyl (C=O) groups excluding carboxylic acids is 2. The summed E-state index contributed by atoms with van der Waals surface area (Å²) >= 11 is 0. The minimum Gasteiger partial charge on any atom is -0.446 e. The SMILES string of the molecule is C=C[C@@]1([C@@H](C#CCCCCC)OC(=O)c2ccccc2)COC(=O)N1. The first-order chi connectivity index (χ1) is 12.1. The lowest BCUT2D eigenvalue weighted by molar-refractivity contribution is 0.0265. The molecule has 5 heteroatoms. The first-order valence-corrected chi connectivity index (χ1v) is 8.44. The third kappa shape index (κ3) is 4.87. The molecule has 0 aromatic heterocycles. The van der Waals surface area contributed by atoms with E-state index in [-0.39, 0.29) is 6.61 Å². The van der Waals surface area contributed by atoms with Crippen molar-refractivity contribution in [2.45, 2.75) is 44.2 Å². The molecule has 1 aromatic carbocycles. The van der Waals surface area contributed by atoms with E-state index in [0.717, 1.165) is 19.3 Å². The summed E-state index contributed by atoms with van der Waals surface area (Å²) in [5.74, 6) is 5.52. The van der Waals surface area contributed by atoms with Gasteiger partial charge in [0, 0.05) is 6.42 Å². The molecule has 0 spiro atoms. The molecule has 0 radical (unpaired) electrons. The van der Waals surface area contributed by atoms with Crippen LogP contribution in [0.5, 0.6) is 0 Å². The Bertz CT molecular complexity index is 674. The van der Waals surface area contributed by atoms with Crippen molar-refractivity contribution in [3.05, 3.63) is 48.6 Å². The highest BCUT2D eigenvalue weighted by Gasteiger charge is 2.46. The maximum atomic E-state index is 12.4. The van der Waals surface area contributed by atoms with E-state index in [9.17, 15) is 9.59 Å². The van der Waals surface area contributed by atoms with Crippen LogP contribution in [0.25, 0.3) is 0 Å². The minimum atomic E-state index is -1.04. The molecule has 1 aliphatic rings. The fraction of sp³-hybridized carbons (Fsp3) is 0.400. The molecule has 132 valence electrons. The summed E-state index contributed by atoms with van der Waals surface area (Å²) in [6.07, 6.45) is 3.95. The van der Waals surface area contributed by atoms with E-state index < -0.39 is 23.7 Å². The van der Waals surface area contributed by atoms with Gasteiger partial charge < -0.3 is 14.8 Å². The van der Waals surface area contributed by atoms with Crippen molar-refractivity contribution in [1.82, 2.24) is 5.32 Å². The Labute approximate surface area is 148 Å². The molecule has 5 nitrogen and oxygen atoms in total. The fourth-order valence-electron chi connectivity index (χ4n) is 2.45. The quantitative estimate of drug-likeness (QED) is 0.357. The van der Waals surface area contributed by atoms with Crippen molar-refractivity contribution < 1.29 is 19.1 Å². The molecule has 2 rings (SSSR count). The lowest BCUT2D eigenvalue weighted by Gasteiger charge is -2.28. The van der Waals surface area contributed by atoms with Gasteiger partial charge in [-0.05, 0) is 18.6 Å². The van der Waals surface area contributed by atoms with Crippen LogP contribution in [0.15, 0.2) is 43.0 Å². The maximum Gasteiger partial charge on any atom is 0.408 e. The molecule has 0 aliphatic carbocycles. The summed E-state index contributed by atoms with van der Waals surface area (Å²) < 4.78 is 10.6. The number of esters is 1. The number of rotatable bonds is 7. The van der Waals surface area contributed by atoms with Gasteiger partial charge in [0.2, 0.25) is 0 Å². The number of carbonyl (C=O) groups is 2. The molecule has 1 aliphatic heterocycles. The second-order valence-corrected chi connectivity index (χ2v) is 5.88. The van der Waals surface area contributed by atoms with E-state index in [0.29, 0.717) is 12.0 Å². The van der Waals surface area contributed by atoms with E-state index in [4.69, 9.17) is 9.47 Å². The molecular weight excluding hydrogens is 318 g/mol. The van der Waals surface area contributed by atoms with Crippen LogP contribution in [0.3, 0.4) is 0 Å². The third-order valence-electron chi connectivity index (χ3n) is 3.98. The number of hydrogen-bond acceptors (Lipinski definition) is 4. The Kier molecular flexibility index (Phi) is 6.64. The van der Waals surface area contributed by atoms with Gasteiger partial charge in [-0.1, -0.05) is 55.9 Å². The molecule has 1 aromatic rings. The number of unbranched alkanes of at least 4 members (excludes halogenated alkanes) is 3. The smallest absolute Gasteiger partial charge is 0.408 e. The Hall–Kier alpha value is -2.74.